The number of likely N-dealkylation sites (tertiary alicyclic amines) is 1. The van der Waals surface area contributed by atoms with E-state index in [4.69, 9.17) is 0 Å². The number of hydrogen-bond acceptors (Lipinski definition) is 5. The van der Waals surface area contributed by atoms with Gasteiger partial charge >= 0.3 is 6.09 Å². The quantitative estimate of drug-likeness (QED) is 0.720. The summed E-state index contributed by atoms with van der Waals surface area (Å²) in [5.41, 5.74) is 1.25. The highest BCUT2D eigenvalue weighted by molar-refractivity contribution is 5.88. The van der Waals surface area contributed by atoms with Gasteiger partial charge in [0.05, 0.1) is 22.8 Å². The molecule has 8 nitrogen and oxygen atoms in total. The van der Waals surface area contributed by atoms with Gasteiger partial charge in [-0.05, 0) is 77.0 Å². The van der Waals surface area contributed by atoms with Crippen LogP contribution in [-0.4, -0.2) is 64.9 Å². The second-order valence-corrected chi connectivity index (χ2v) is 10.1. The summed E-state index contributed by atoms with van der Waals surface area (Å²) in [5, 5.41) is 29.2. The van der Waals surface area contributed by atoms with Gasteiger partial charge in [0.25, 0.3) is 0 Å². The van der Waals surface area contributed by atoms with E-state index >= 15 is 0 Å². The molecule has 2 saturated heterocycles. The summed E-state index contributed by atoms with van der Waals surface area (Å²) in [6.07, 6.45) is 4.51. The maximum absolute atomic E-state index is 13.6. The number of hydrogen-bond donors (Lipinski definition) is 2. The number of nitriles is 1. The number of carbonyl (C=O) groups is 2. The Morgan fingerprint density at radius 3 is 2.58 bits per heavy atom. The van der Waals surface area contributed by atoms with Crippen molar-refractivity contribution in [1.29, 1.82) is 5.26 Å². The number of carbonyl (C=O) groups excluding carboxylic acids is 1. The number of nitrogens with zero attached hydrogens (tertiary/aromatic N) is 4. The van der Waals surface area contributed by atoms with Gasteiger partial charge < -0.3 is 20.0 Å². The first-order valence-corrected chi connectivity index (χ1v) is 12.1. The Labute approximate surface area is 195 Å². The highest BCUT2D eigenvalue weighted by Crippen LogP contribution is 2.44. The Kier molecular flexibility index (Phi) is 6.53. The van der Waals surface area contributed by atoms with E-state index < -0.39 is 11.5 Å². The van der Waals surface area contributed by atoms with E-state index in [0.717, 1.165) is 63.7 Å². The lowest BCUT2D eigenvalue weighted by Crippen LogP contribution is -2.50. The van der Waals surface area contributed by atoms with Gasteiger partial charge in [-0.15, -0.1) is 0 Å². The summed E-state index contributed by atoms with van der Waals surface area (Å²) in [7, 11) is 0. The third-order valence-corrected chi connectivity index (χ3v) is 7.67. The first kappa shape index (κ1) is 23.4. The van der Waals surface area contributed by atoms with E-state index in [1.54, 1.807) is 26.0 Å². The first-order chi connectivity index (χ1) is 15.8. The third kappa shape index (κ3) is 4.39. The lowest BCUT2D eigenvalue weighted by atomic mass is 9.78. The molecule has 178 valence electrons. The molecule has 0 radical (unpaired) electrons. The van der Waals surface area contributed by atoms with E-state index in [-0.39, 0.29) is 24.1 Å². The zero-order valence-electron chi connectivity index (χ0n) is 19.5. The standard InChI is InChI=1S/C25H34N4O4/c1-17(2)29(24(32)33)20-6-9-22(18(14-20)15-26)27-12-3-10-25(16-27)11-13-28(23(25)31)19-4-7-21(30)8-5-19/h6,9,14,17,19,21,30H,3-5,7-8,10-13,16H2,1-2H3,(H,32,33). The molecule has 0 bridgehead atoms. The molecule has 2 N–H and O–H groups in total. The van der Waals surface area contributed by atoms with Crippen molar-refractivity contribution in [3.05, 3.63) is 23.8 Å². The maximum Gasteiger partial charge on any atom is 0.412 e. The Morgan fingerprint density at radius 2 is 1.94 bits per heavy atom. The summed E-state index contributed by atoms with van der Waals surface area (Å²) in [4.78, 5) is 30.7. The molecule has 1 saturated carbocycles. The van der Waals surface area contributed by atoms with Gasteiger partial charge in [0.15, 0.2) is 0 Å². The van der Waals surface area contributed by atoms with Gasteiger partial charge in [-0.25, -0.2) is 4.79 Å². The summed E-state index contributed by atoms with van der Waals surface area (Å²) < 4.78 is 0. The van der Waals surface area contributed by atoms with Crippen molar-refractivity contribution in [2.24, 2.45) is 5.41 Å². The minimum absolute atomic E-state index is 0.223. The van der Waals surface area contributed by atoms with Gasteiger partial charge in [0, 0.05) is 37.4 Å². The summed E-state index contributed by atoms with van der Waals surface area (Å²) in [5.74, 6) is 0.223. The van der Waals surface area contributed by atoms with Crippen LogP contribution in [0, 0.1) is 16.7 Å². The van der Waals surface area contributed by atoms with Crippen LogP contribution < -0.4 is 9.80 Å². The van der Waals surface area contributed by atoms with Crippen molar-refractivity contribution in [3.8, 4) is 6.07 Å². The van der Waals surface area contributed by atoms with Crippen LogP contribution in [0.1, 0.15) is 64.4 Å². The van der Waals surface area contributed by atoms with Crippen molar-refractivity contribution in [2.45, 2.75) is 77.0 Å². The number of benzene rings is 1. The van der Waals surface area contributed by atoms with Gasteiger partial charge in [-0.3, -0.25) is 9.69 Å². The summed E-state index contributed by atoms with van der Waals surface area (Å²) in [6.45, 7) is 5.71. The van der Waals surface area contributed by atoms with Crippen molar-refractivity contribution >= 4 is 23.4 Å². The van der Waals surface area contributed by atoms with E-state index in [2.05, 4.69) is 15.9 Å². The average Bonchev–Trinajstić information content (AvgIpc) is 3.09. The van der Waals surface area contributed by atoms with Crippen molar-refractivity contribution < 1.29 is 19.8 Å². The Morgan fingerprint density at radius 1 is 1.21 bits per heavy atom. The molecule has 2 aliphatic heterocycles. The fourth-order valence-corrected chi connectivity index (χ4v) is 5.95. The fourth-order valence-electron chi connectivity index (χ4n) is 5.95. The monoisotopic (exact) mass is 454 g/mol. The van der Waals surface area contributed by atoms with E-state index in [1.807, 2.05) is 6.07 Å². The van der Waals surface area contributed by atoms with Crippen LogP contribution in [0.25, 0.3) is 0 Å². The molecule has 4 rings (SSSR count). The number of carboxylic acid groups (broad SMARTS) is 1. The molecule has 2 heterocycles. The molecule has 2 amide bonds. The van der Waals surface area contributed by atoms with Crippen LogP contribution in [0.2, 0.25) is 0 Å². The lowest BCUT2D eigenvalue weighted by molar-refractivity contribution is -0.139. The first-order valence-electron chi connectivity index (χ1n) is 12.1. The smallest absolute Gasteiger partial charge is 0.412 e. The number of amides is 2. The molecule has 1 unspecified atom stereocenters. The van der Waals surface area contributed by atoms with Gasteiger partial charge in [0.2, 0.25) is 5.91 Å². The van der Waals surface area contributed by atoms with Crippen LogP contribution in [0.4, 0.5) is 16.2 Å². The molecule has 0 aromatic heterocycles. The van der Waals surface area contributed by atoms with Crippen LogP contribution in [0.5, 0.6) is 0 Å². The maximum atomic E-state index is 13.6. The van der Waals surface area contributed by atoms with Crippen molar-refractivity contribution in [3.63, 3.8) is 0 Å². The fraction of sp³-hybridized carbons (Fsp3) is 0.640. The van der Waals surface area contributed by atoms with Crippen molar-refractivity contribution in [1.82, 2.24) is 4.90 Å². The lowest BCUT2D eigenvalue weighted by Gasteiger charge is -2.41. The highest BCUT2D eigenvalue weighted by Gasteiger charge is 2.50. The minimum Gasteiger partial charge on any atom is -0.465 e. The molecular weight excluding hydrogens is 420 g/mol. The zero-order chi connectivity index (χ0) is 23.8. The second kappa shape index (κ2) is 9.22. The SMILES string of the molecule is CC(C)N(C(=O)O)c1ccc(N2CCCC3(CCN(C4CCC(O)CC4)C3=O)C2)c(C#N)c1. The number of anilines is 2. The molecule has 1 spiro atoms. The summed E-state index contributed by atoms with van der Waals surface area (Å²) in [6, 6.07) is 7.43. The molecule has 3 aliphatic rings. The predicted octanol–water partition coefficient (Wildman–Crippen LogP) is 3.57. The van der Waals surface area contributed by atoms with Crippen LogP contribution in [0.15, 0.2) is 18.2 Å². The molecule has 1 atom stereocenters. The Bertz CT molecular complexity index is 950. The number of aliphatic hydroxyl groups is 1. The van der Waals surface area contributed by atoms with Gasteiger partial charge in [-0.2, -0.15) is 5.26 Å². The second-order valence-electron chi connectivity index (χ2n) is 10.1. The number of aliphatic hydroxyl groups excluding tert-OH is 1. The molecule has 1 aromatic carbocycles. The van der Waals surface area contributed by atoms with Gasteiger partial charge in [-0.1, -0.05) is 0 Å². The minimum atomic E-state index is -1.05. The third-order valence-electron chi connectivity index (χ3n) is 7.67. The zero-order valence-corrected chi connectivity index (χ0v) is 19.5. The topological polar surface area (TPSA) is 108 Å². The molecule has 8 heteroatoms. The molecule has 1 aromatic rings. The van der Waals surface area contributed by atoms with E-state index in [0.29, 0.717) is 17.8 Å². The molecule has 3 fully saturated rings. The number of piperidine rings is 1. The molecule has 33 heavy (non-hydrogen) atoms. The highest BCUT2D eigenvalue weighted by atomic mass is 16.4. The summed E-state index contributed by atoms with van der Waals surface area (Å²) >= 11 is 0. The molecular formula is C25H34N4O4. The van der Waals surface area contributed by atoms with E-state index in [1.165, 1.54) is 4.90 Å². The Hall–Kier alpha value is -2.79. The van der Waals surface area contributed by atoms with Crippen molar-refractivity contribution in [2.75, 3.05) is 29.4 Å². The average molecular weight is 455 g/mol. The number of rotatable bonds is 4. The molecule has 1 aliphatic carbocycles. The predicted molar refractivity (Wildman–Crippen MR) is 125 cm³/mol. The van der Waals surface area contributed by atoms with Gasteiger partial charge in [0.1, 0.15) is 6.07 Å². The van der Waals surface area contributed by atoms with Crippen LogP contribution >= 0.6 is 0 Å². The normalized spacial score (nSPS) is 27.8. The Balaban J connectivity index is 1.55. The van der Waals surface area contributed by atoms with Crippen LogP contribution in [0.3, 0.4) is 0 Å². The largest absolute Gasteiger partial charge is 0.465 e. The van der Waals surface area contributed by atoms with Crippen LogP contribution in [-0.2, 0) is 4.79 Å². The van der Waals surface area contributed by atoms with E-state index in [9.17, 15) is 25.1 Å².